The first-order valence-electron chi connectivity index (χ1n) is 12.8. The van der Waals surface area contributed by atoms with Gasteiger partial charge in [-0.1, -0.05) is 47.5 Å². The van der Waals surface area contributed by atoms with Gasteiger partial charge in [0.25, 0.3) is 0 Å². The van der Waals surface area contributed by atoms with Crippen LogP contribution >= 0.6 is 23.2 Å². The van der Waals surface area contributed by atoms with Crippen LogP contribution in [0.5, 0.6) is 11.5 Å². The van der Waals surface area contributed by atoms with Gasteiger partial charge in [-0.15, -0.1) is 0 Å². The number of benzene rings is 3. The number of hydrogen-bond acceptors (Lipinski definition) is 5. The number of amides is 2. The normalized spacial score (nSPS) is 15.0. The first-order chi connectivity index (χ1) is 19.0. The molecule has 1 aliphatic rings. The van der Waals surface area contributed by atoms with E-state index in [2.05, 4.69) is 26.6 Å². The van der Waals surface area contributed by atoms with Crippen LogP contribution in [0.1, 0.15) is 22.7 Å². The van der Waals surface area contributed by atoms with Crippen molar-refractivity contribution in [1.29, 1.82) is 0 Å². The molecule has 0 spiro atoms. The Hall–Kier alpha value is -3.52. The molecule has 0 radical (unpaired) electrons. The number of fused-ring (bicyclic) bond motifs is 2. The molecule has 5 rings (SSSR count). The Morgan fingerprint density at radius 1 is 1.03 bits per heavy atom. The lowest BCUT2D eigenvalue weighted by Gasteiger charge is -2.38. The molecule has 1 aromatic heterocycles. The van der Waals surface area contributed by atoms with E-state index in [0.717, 1.165) is 40.7 Å². The molecule has 0 aliphatic carbocycles. The molecular weight excluding hydrogens is 535 g/mol. The average Bonchev–Trinajstić information content (AvgIpc) is 2.95. The minimum Gasteiger partial charge on any atom is -0.493 e. The number of carbonyl (C=O) groups excluding carboxylic acids is 1. The highest BCUT2D eigenvalue weighted by molar-refractivity contribution is 6.36. The third kappa shape index (κ3) is 5.91. The number of nitrogens with one attached hydrogen (secondary N) is 2. The minimum atomic E-state index is -0.263. The second kappa shape index (κ2) is 12.1. The largest absolute Gasteiger partial charge is 0.493 e. The lowest BCUT2D eigenvalue weighted by atomic mass is 9.88. The zero-order chi connectivity index (χ0) is 27.4. The summed E-state index contributed by atoms with van der Waals surface area (Å²) in [5.74, 6) is 1.39. The van der Waals surface area contributed by atoms with Gasteiger partial charge in [0.2, 0.25) is 0 Å². The summed E-state index contributed by atoms with van der Waals surface area (Å²) >= 11 is 13.2. The van der Waals surface area contributed by atoms with Crippen LogP contribution in [0.3, 0.4) is 0 Å². The van der Waals surface area contributed by atoms with Crippen molar-refractivity contribution in [2.75, 3.05) is 39.2 Å². The Bertz CT molecular complexity index is 1470. The Labute approximate surface area is 238 Å². The highest BCUT2D eigenvalue weighted by Gasteiger charge is 2.30. The predicted molar refractivity (Wildman–Crippen MR) is 156 cm³/mol. The molecule has 0 bridgehead atoms. The topological polar surface area (TPSA) is 75.7 Å². The summed E-state index contributed by atoms with van der Waals surface area (Å²) in [6, 6.07) is 18.9. The first-order valence-corrected chi connectivity index (χ1v) is 13.5. The van der Waals surface area contributed by atoms with Crippen molar-refractivity contribution in [2.24, 2.45) is 0 Å². The summed E-state index contributed by atoms with van der Waals surface area (Å²) < 4.78 is 11.2. The van der Waals surface area contributed by atoms with Crippen LogP contribution in [0.15, 0.2) is 66.9 Å². The zero-order valence-corrected chi connectivity index (χ0v) is 23.4. The smallest absolute Gasteiger partial charge is 0.319 e. The number of nitrogens with zero attached hydrogens (tertiary/aromatic N) is 2. The molecule has 7 nitrogen and oxygen atoms in total. The molecule has 0 saturated carbocycles. The van der Waals surface area contributed by atoms with Gasteiger partial charge < -0.3 is 20.1 Å². The minimum absolute atomic E-state index is 0.0139. The highest BCUT2D eigenvalue weighted by Crippen LogP contribution is 2.41. The van der Waals surface area contributed by atoms with E-state index < -0.39 is 0 Å². The third-order valence-electron chi connectivity index (χ3n) is 7.15. The summed E-state index contributed by atoms with van der Waals surface area (Å²) in [5, 5.41) is 8.13. The van der Waals surface area contributed by atoms with E-state index >= 15 is 0 Å². The standard InChI is InChI=1S/C30H30Cl2N4O3/c1-38-28-16-19-11-14-36(15-13-34-30(37)35-26-10-12-33-25-9-4-3-6-20(25)26)27(21(19)18-29(28)39-2)17-22-23(31)7-5-8-24(22)32/h3-10,12,16,18,27H,11,13-15,17H2,1-2H3,(H2,33,34,35,37). The van der Waals surface area contributed by atoms with Crippen molar-refractivity contribution in [2.45, 2.75) is 18.9 Å². The van der Waals surface area contributed by atoms with E-state index in [0.29, 0.717) is 41.1 Å². The number of carbonyl (C=O) groups is 1. The first kappa shape index (κ1) is 27.1. The van der Waals surface area contributed by atoms with Crippen LogP contribution in [0, 0.1) is 0 Å². The zero-order valence-electron chi connectivity index (χ0n) is 21.8. The molecule has 1 atom stereocenters. The fourth-order valence-electron chi connectivity index (χ4n) is 5.19. The number of methoxy groups -OCH3 is 2. The van der Waals surface area contributed by atoms with E-state index in [9.17, 15) is 4.79 Å². The van der Waals surface area contributed by atoms with Gasteiger partial charge in [0.1, 0.15) is 0 Å². The Morgan fingerprint density at radius 2 is 1.77 bits per heavy atom. The molecule has 202 valence electrons. The van der Waals surface area contributed by atoms with Crippen LogP contribution < -0.4 is 20.1 Å². The summed E-state index contributed by atoms with van der Waals surface area (Å²) in [7, 11) is 3.28. The van der Waals surface area contributed by atoms with Gasteiger partial charge in [-0.05, 0) is 65.9 Å². The van der Waals surface area contributed by atoms with Crippen LogP contribution in [0.4, 0.5) is 10.5 Å². The van der Waals surface area contributed by atoms with E-state index in [1.807, 2.05) is 48.5 Å². The summed E-state index contributed by atoms with van der Waals surface area (Å²) in [6.07, 6.45) is 3.16. The maximum Gasteiger partial charge on any atom is 0.319 e. The number of anilines is 1. The van der Waals surface area contributed by atoms with Crippen LogP contribution in [0.25, 0.3) is 10.9 Å². The van der Waals surface area contributed by atoms with E-state index in [1.165, 1.54) is 5.56 Å². The van der Waals surface area contributed by atoms with Gasteiger partial charge in [-0.25, -0.2) is 4.79 Å². The maximum absolute atomic E-state index is 12.8. The van der Waals surface area contributed by atoms with Gasteiger partial charge in [-0.2, -0.15) is 0 Å². The maximum atomic E-state index is 12.8. The summed E-state index contributed by atoms with van der Waals surface area (Å²) in [5.41, 5.74) is 4.79. The van der Waals surface area contributed by atoms with E-state index in [1.54, 1.807) is 26.5 Å². The number of aromatic nitrogens is 1. The molecular formula is C30H30Cl2N4O3. The lowest BCUT2D eigenvalue weighted by Crippen LogP contribution is -2.42. The fraction of sp³-hybridized carbons (Fsp3) is 0.267. The van der Waals surface area contributed by atoms with Crippen molar-refractivity contribution < 1.29 is 14.3 Å². The third-order valence-corrected chi connectivity index (χ3v) is 7.86. The second-order valence-corrected chi connectivity index (χ2v) is 10.2. The number of urea groups is 1. The molecule has 4 aromatic rings. The molecule has 9 heteroatoms. The highest BCUT2D eigenvalue weighted by atomic mass is 35.5. The average molecular weight is 566 g/mol. The predicted octanol–water partition coefficient (Wildman–Crippen LogP) is 6.52. The van der Waals surface area contributed by atoms with E-state index in [4.69, 9.17) is 32.7 Å². The molecule has 39 heavy (non-hydrogen) atoms. The lowest BCUT2D eigenvalue weighted by molar-refractivity contribution is 0.183. The number of pyridine rings is 1. The second-order valence-electron chi connectivity index (χ2n) is 9.37. The Morgan fingerprint density at radius 3 is 2.54 bits per heavy atom. The van der Waals surface area contributed by atoms with Crippen molar-refractivity contribution in [3.63, 3.8) is 0 Å². The van der Waals surface area contributed by atoms with Gasteiger partial charge in [0, 0.05) is 47.3 Å². The quantitative estimate of drug-likeness (QED) is 0.254. The Kier molecular flexibility index (Phi) is 8.41. The van der Waals surface area contributed by atoms with Gasteiger partial charge in [0.05, 0.1) is 25.4 Å². The monoisotopic (exact) mass is 564 g/mol. The molecule has 2 heterocycles. The van der Waals surface area contributed by atoms with Crippen molar-refractivity contribution in [1.82, 2.24) is 15.2 Å². The number of para-hydroxylation sites is 1. The van der Waals surface area contributed by atoms with Gasteiger partial charge >= 0.3 is 6.03 Å². The van der Waals surface area contributed by atoms with E-state index in [-0.39, 0.29) is 12.1 Å². The number of rotatable bonds is 8. The molecule has 1 aliphatic heterocycles. The van der Waals surface area contributed by atoms with Gasteiger partial charge in [0.15, 0.2) is 11.5 Å². The molecule has 2 N–H and O–H groups in total. The summed E-state index contributed by atoms with van der Waals surface area (Å²) in [6.45, 7) is 1.92. The summed E-state index contributed by atoms with van der Waals surface area (Å²) in [4.78, 5) is 19.5. The fourth-order valence-corrected chi connectivity index (χ4v) is 5.74. The van der Waals surface area contributed by atoms with Crippen molar-refractivity contribution in [3.05, 3.63) is 93.6 Å². The molecule has 0 saturated heterocycles. The molecule has 1 unspecified atom stereocenters. The SMILES string of the molecule is COc1cc2c(cc1OC)C(Cc1c(Cl)cccc1Cl)N(CCNC(=O)Nc1ccnc3ccccc13)CC2. The number of ether oxygens (including phenoxy) is 2. The van der Waals surface area contributed by atoms with Crippen LogP contribution in [0.2, 0.25) is 10.0 Å². The molecule has 3 aromatic carbocycles. The Balaban J connectivity index is 1.34. The van der Waals surface area contributed by atoms with Gasteiger partial charge in [-0.3, -0.25) is 9.88 Å². The number of halogens is 2. The number of hydrogen-bond donors (Lipinski definition) is 2. The van der Waals surface area contributed by atoms with Crippen LogP contribution in [-0.2, 0) is 12.8 Å². The molecule has 2 amide bonds. The molecule has 0 fully saturated rings. The van der Waals surface area contributed by atoms with Crippen LogP contribution in [-0.4, -0.2) is 49.8 Å². The van der Waals surface area contributed by atoms with Crippen molar-refractivity contribution >= 4 is 45.8 Å². The van der Waals surface area contributed by atoms with Crippen molar-refractivity contribution in [3.8, 4) is 11.5 Å².